The van der Waals surface area contributed by atoms with Gasteiger partial charge in [-0.3, -0.25) is 14.3 Å². The van der Waals surface area contributed by atoms with Gasteiger partial charge in [0.2, 0.25) is 5.91 Å². The molecule has 2 heterocycles. The quantitative estimate of drug-likeness (QED) is 0.847. The number of hydrogen-bond acceptors (Lipinski definition) is 4. The van der Waals surface area contributed by atoms with E-state index < -0.39 is 0 Å². The van der Waals surface area contributed by atoms with E-state index in [1.807, 2.05) is 10.9 Å². The SMILES string of the molecule is CN(C)C(=O)[C@@H]1CSCN1C(=O)c1cnn(C2CCCCC2)c1. The third-order valence-electron chi connectivity index (χ3n) is 4.67. The molecular weight excluding hydrogens is 312 g/mol. The molecule has 0 unspecified atom stereocenters. The van der Waals surface area contributed by atoms with Crippen LogP contribution in [0, 0.1) is 0 Å². The molecule has 3 rings (SSSR count). The van der Waals surface area contributed by atoms with Crippen LogP contribution < -0.4 is 0 Å². The number of carbonyl (C=O) groups excluding carboxylic acids is 2. The van der Waals surface area contributed by atoms with Gasteiger partial charge in [0.1, 0.15) is 6.04 Å². The van der Waals surface area contributed by atoms with Gasteiger partial charge in [-0.05, 0) is 12.8 Å². The van der Waals surface area contributed by atoms with E-state index in [1.54, 1.807) is 41.9 Å². The van der Waals surface area contributed by atoms with Gasteiger partial charge in [-0.25, -0.2) is 0 Å². The Balaban J connectivity index is 1.72. The lowest BCUT2D eigenvalue weighted by molar-refractivity contribution is -0.132. The molecule has 1 aliphatic heterocycles. The molecule has 2 aliphatic rings. The first-order valence-electron chi connectivity index (χ1n) is 8.22. The van der Waals surface area contributed by atoms with Crippen LogP contribution in [-0.4, -0.2) is 63.2 Å². The van der Waals surface area contributed by atoms with Crippen molar-refractivity contribution in [3.8, 4) is 0 Å². The average Bonchev–Trinajstić information content (AvgIpc) is 3.23. The predicted octanol–water partition coefficient (Wildman–Crippen LogP) is 1.99. The summed E-state index contributed by atoms with van der Waals surface area (Å²) in [7, 11) is 3.46. The first kappa shape index (κ1) is 16.4. The number of thioether (sulfide) groups is 1. The molecule has 1 saturated carbocycles. The minimum Gasteiger partial charge on any atom is -0.347 e. The van der Waals surface area contributed by atoms with Crippen LogP contribution in [0.25, 0.3) is 0 Å². The lowest BCUT2D eigenvalue weighted by Gasteiger charge is -2.25. The fourth-order valence-electron chi connectivity index (χ4n) is 3.31. The Labute approximate surface area is 141 Å². The number of hydrogen-bond donors (Lipinski definition) is 0. The molecule has 1 aromatic rings. The van der Waals surface area contributed by atoms with E-state index in [0.717, 1.165) is 12.8 Å². The molecule has 6 nitrogen and oxygen atoms in total. The summed E-state index contributed by atoms with van der Waals surface area (Å²) in [5.74, 6) is 1.14. The van der Waals surface area contributed by atoms with E-state index in [0.29, 0.717) is 23.2 Å². The van der Waals surface area contributed by atoms with Crippen LogP contribution in [-0.2, 0) is 4.79 Å². The molecule has 0 radical (unpaired) electrons. The summed E-state index contributed by atoms with van der Waals surface area (Å²) >= 11 is 1.62. The van der Waals surface area contributed by atoms with E-state index in [2.05, 4.69) is 5.10 Å². The van der Waals surface area contributed by atoms with E-state index in [-0.39, 0.29) is 17.9 Å². The minimum absolute atomic E-state index is 0.0111. The Hall–Kier alpha value is -1.50. The predicted molar refractivity (Wildman–Crippen MR) is 90.3 cm³/mol. The topological polar surface area (TPSA) is 58.4 Å². The van der Waals surface area contributed by atoms with Crippen LogP contribution in [0.3, 0.4) is 0 Å². The Morgan fingerprint density at radius 2 is 2.00 bits per heavy atom. The van der Waals surface area contributed by atoms with Crippen molar-refractivity contribution in [3.63, 3.8) is 0 Å². The summed E-state index contributed by atoms with van der Waals surface area (Å²) in [6.07, 6.45) is 9.54. The van der Waals surface area contributed by atoms with E-state index >= 15 is 0 Å². The van der Waals surface area contributed by atoms with Crippen LogP contribution in [0.1, 0.15) is 48.5 Å². The van der Waals surface area contributed by atoms with Crippen molar-refractivity contribution >= 4 is 23.6 Å². The van der Waals surface area contributed by atoms with Gasteiger partial charge in [-0.1, -0.05) is 19.3 Å². The number of rotatable bonds is 3. The Morgan fingerprint density at radius 1 is 1.26 bits per heavy atom. The van der Waals surface area contributed by atoms with Crippen molar-refractivity contribution in [3.05, 3.63) is 18.0 Å². The maximum absolute atomic E-state index is 12.8. The molecular formula is C16H24N4O2S. The highest BCUT2D eigenvalue weighted by Crippen LogP contribution is 2.28. The number of aromatic nitrogens is 2. The minimum atomic E-state index is -0.361. The van der Waals surface area contributed by atoms with Crippen LogP contribution >= 0.6 is 11.8 Å². The lowest BCUT2D eigenvalue weighted by Crippen LogP contribution is -2.46. The molecule has 0 N–H and O–H groups in total. The van der Waals surface area contributed by atoms with Crippen molar-refractivity contribution in [1.29, 1.82) is 0 Å². The summed E-state index contributed by atoms with van der Waals surface area (Å²) in [5.41, 5.74) is 0.592. The number of carbonyl (C=O) groups is 2. The fourth-order valence-corrected chi connectivity index (χ4v) is 4.45. The monoisotopic (exact) mass is 336 g/mol. The summed E-state index contributed by atoms with van der Waals surface area (Å²) in [5, 5.41) is 4.40. The highest BCUT2D eigenvalue weighted by molar-refractivity contribution is 7.99. The summed E-state index contributed by atoms with van der Waals surface area (Å²) in [6.45, 7) is 0. The third-order valence-corrected chi connectivity index (χ3v) is 5.68. The normalized spacial score (nSPS) is 22.3. The molecule has 7 heteroatoms. The maximum Gasteiger partial charge on any atom is 0.258 e. The van der Waals surface area contributed by atoms with Crippen molar-refractivity contribution in [2.45, 2.75) is 44.2 Å². The van der Waals surface area contributed by atoms with Crippen molar-refractivity contribution in [1.82, 2.24) is 19.6 Å². The second kappa shape index (κ2) is 6.95. The van der Waals surface area contributed by atoms with Gasteiger partial charge in [0.15, 0.2) is 0 Å². The molecule has 23 heavy (non-hydrogen) atoms. The Kier molecular flexibility index (Phi) is 4.94. The van der Waals surface area contributed by atoms with E-state index in [9.17, 15) is 9.59 Å². The molecule has 1 aliphatic carbocycles. The van der Waals surface area contributed by atoms with Gasteiger partial charge in [-0.2, -0.15) is 5.10 Å². The van der Waals surface area contributed by atoms with Crippen LogP contribution in [0.2, 0.25) is 0 Å². The van der Waals surface area contributed by atoms with Gasteiger partial charge >= 0.3 is 0 Å². The fraction of sp³-hybridized carbons (Fsp3) is 0.688. The zero-order chi connectivity index (χ0) is 16.4. The lowest BCUT2D eigenvalue weighted by atomic mass is 9.96. The largest absolute Gasteiger partial charge is 0.347 e. The molecule has 1 atom stereocenters. The van der Waals surface area contributed by atoms with Gasteiger partial charge < -0.3 is 9.80 Å². The first-order valence-corrected chi connectivity index (χ1v) is 9.37. The molecule has 1 saturated heterocycles. The zero-order valence-corrected chi connectivity index (χ0v) is 14.6. The summed E-state index contributed by atoms with van der Waals surface area (Å²) < 4.78 is 1.94. The highest BCUT2D eigenvalue weighted by Gasteiger charge is 2.36. The van der Waals surface area contributed by atoms with Gasteiger partial charge in [0.05, 0.1) is 23.7 Å². The first-order chi connectivity index (χ1) is 11.1. The van der Waals surface area contributed by atoms with E-state index in [4.69, 9.17) is 0 Å². The van der Waals surface area contributed by atoms with Gasteiger partial charge in [-0.15, -0.1) is 11.8 Å². The van der Waals surface area contributed by atoms with Crippen LogP contribution in [0.4, 0.5) is 0 Å². The number of nitrogens with zero attached hydrogens (tertiary/aromatic N) is 4. The van der Waals surface area contributed by atoms with Gasteiger partial charge in [0, 0.05) is 26.0 Å². The highest BCUT2D eigenvalue weighted by atomic mass is 32.2. The summed E-state index contributed by atoms with van der Waals surface area (Å²) in [4.78, 5) is 28.2. The standard InChI is InChI=1S/C16H24N4O2S/c1-18(2)16(22)14-10-23-11-19(14)15(21)12-8-17-20(9-12)13-6-4-3-5-7-13/h8-9,13-14H,3-7,10-11H2,1-2H3/t14-/m0/s1. The average molecular weight is 336 g/mol. The van der Waals surface area contributed by atoms with Crippen molar-refractivity contribution in [2.75, 3.05) is 25.7 Å². The third kappa shape index (κ3) is 3.39. The molecule has 0 bridgehead atoms. The smallest absolute Gasteiger partial charge is 0.258 e. The molecule has 0 spiro atoms. The van der Waals surface area contributed by atoms with Crippen LogP contribution in [0.5, 0.6) is 0 Å². The Morgan fingerprint density at radius 3 is 2.70 bits per heavy atom. The molecule has 2 amide bonds. The Bertz CT molecular complexity index is 580. The van der Waals surface area contributed by atoms with Gasteiger partial charge in [0.25, 0.3) is 5.91 Å². The molecule has 1 aromatic heterocycles. The second-order valence-electron chi connectivity index (χ2n) is 6.52. The van der Waals surface area contributed by atoms with E-state index in [1.165, 1.54) is 19.3 Å². The zero-order valence-electron chi connectivity index (χ0n) is 13.8. The molecule has 126 valence electrons. The number of likely N-dealkylation sites (N-methyl/N-ethyl adjacent to an activating group) is 1. The van der Waals surface area contributed by atoms with Crippen molar-refractivity contribution < 1.29 is 9.59 Å². The van der Waals surface area contributed by atoms with Crippen LogP contribution in [0.15, 0.2) is 12.4 Å². The molecule has 0 aromatic carbocycles. The second-order valence-corrected chi connectivity index (χ2v) is 7.52. The number of amides is 2. The molecule has 2 fully saturated rings. The van der Waals surface area contributed by atoms with Crippen molar-refractivity contribution in [2.24, 2.45) is 0 Å². The maximum atomic E-state index is 12.8. The summed E-state index contributed by atoms with van der Waals surface area (Å²) in [6, 6.07) is 0.0537.